The fourth-order valence-electron chi connectivity index (χ4n) is 3.54. The molecule has 0 bridgehead atoms. The molecule has 188 valence electrons. The molecule has 33 heavy (non-hydrogen) atoms. The van der Waals surface area contributed by atoms with Crippen LogP contribution in [-0.4, -0.2) is 48.5 Å². The van der Waals surface area contributed by atoms with E-state index in [-0.39, 0.29) is 54.9 Å². The number of amides is 2. The first-order valence-corrected chi connectivity index (χ1v) is 11.8. The van der Waals surface area contributed by atoms with Crippen molar-refractivity contribution in [1.29, 1.82) is 0 Å². The van der Waals surface area contributed by atoms with Gasteiger partial charge in [0, 0.05) is 18.9 Å². The van der Waals surface area contributed by atoms with E-state index >= 15 is 0 Å². The maximum absolute atomic E-state index is 13.2. The minimum Gasteiger partial charge on any atom is -0.465 e. The van der Waals surface area contributed by atoms with Gasteiger partial charge in [0.15, 0.2) is 5.78 Å². The molecule has 2 amide bonds. The number of rotatable bonds is 12. The number of esters is 1. The average Bonchev–Trinajstić information content (AvgIpc) is 2.71. The lowest BCUT2D eigenvalue weighted by Gasteiger charge is -2.28. The van der Waals surface area contributed by atoms with Gasteiger partial charge in [-0.1, -0.05) is 54.9 Å². The number of hydrogen-bond acceptors (Lipinski definition) is 7. The second kappa shape index (κ2) is 12.8. The Bertz CT molecular complexity index is 728. The van der Waals surface area contributed by atoms with E-state index in [1.165, 1.54) is 0 Å². The van der Waals surface area contributed by atoms with Crippen molar-refractivity contribution in [2.75, 3.05) is 13.2 Å². The molecule has 4 unspecified atom stereocenters. The summed E-state index contributed by atoms with van der Waals surface area (Å²) in [6, 6.07) is -0.799. The first-order chi connectivity index (χ1) is 15.2. The van der Waals surface area contributed by atoms with E-state index < -0.39 is 35.5 Å². The van der Waals surface area contributed by atoms with E-state index in [0.717, 1.165) is 0 Å². The van der Waals surface area contributed by atoms with Gasteiger partial charge in [0.25, 0.3) is 0 Å². The quantitative estimate of drug-likeness (QED) is 0.295. The summed E-state index contributed by atoms with van der Waals surface area (Å²) in [7, 11) is 0. The second-order valence-electron chi connectivity index (χ2n) is 10.7. The predicted octanol–water partition coefficient (Wildman–Crippen LogP) is 1.94. The Labute approximate surface area is 197 Å². The fraction of sp³-hybridized carbons (Fsp3) is 0.792. The molecule has 0 radical (unpaired) electrons. The topological polar surface area (TPSA) is 131 Å². The highest BCUT2D eigenvalue weighted by Gasteiger charge is 2.35. The van der Waals surface area contributed by atoms with Gasteiger partial charge in [0.05, 0.1) is 25.0 Å². The molecule has 1 saturated heterocycles. The number of hydrogen-bond donors (Lipinski definition) is 3. The number of carbonyl (C=O) groups is 5. The van der Waals surface area contributed by atoms with Crippen molar-refractivity contribution in [1.82, 2.24) is 16.2 Å². The molecule has 0 aromatic carbocycles. The van der Waals surface area contributed by atoms with Gasteiger partial charge in [0.2, 0.25) is 11.7 Å². The fourth-order valence-corrected chi connectivity index (χ4v) is 3.54. The number of carbonyl (C=O) groups excluding carboxylic acids is 5. The molecule has 9 nitrogen and oxygen atoms in total. The van der Waals surface area contributed by atoms with Crippen molar-refractivity contribution in [3.8, 4) is 0 Å². The van der Waals surface area contributed by atoms with Crippen LogP contribution >= 0.6 is 0 Å². The van der Waals surface area contributed by atoms with Crippen LogP contribution in [0.25, 0.3) is 0 Å². The Hall–Kier alpha value is -2.29. The SMILES string of the molecule is CCC(C)C(CC(=O)OCC(C)(C)C)C(=O)NC(CC(C)C)C(=O)CC1CNNC(=O)C1=O. The molecule has 3 N–H and O–H groups in total. The van der Waals surface area contributed by atoms with Crippen LogP contribution in [0.15, 0.2) is 0 Å². The molecule has 9 heteroatoms. The lowest BCUT2D eigenvalue weighted by atomic mass is 9.86. The zero-order chi connectivity index (χ0) is 25.3. The normalized spacial score (nSPS) is 19.5. The molecule has 1 rings (SSSR count). The first-order valence-electron chi connectivity index (χ1n) is 11.8. The van der Waals surface area contributed by atoms with E-state index in [0.29, 0.717) is 12.8 Å². The van der Waals surface area contributed by atoms with Gasteiger partial charge in [0.1, 0.15) is 0 Å². The Morgan fingerprint density at radius 3 is 2.33 bits per heavy atom. The van der Waals surface area contributed by atoms with E-state index in [9.17, 15) is 24.0 Å². The molecule has 0 aromatic rings. The van der Waals surface area contributed by atoms with E-state index in [2.05, 4.69) is 16.2 Å². The Morgan fingerprint density at radius 2 is 1.79 bits per heavy atom. The zero-order valence-electron chi connectivity index (χ0n) is 21.1. The third-order valence-electron chi connectivity index (χ3n) is 5.73. The Balaban J connectivity index is 2.90. The van der Waals surface area contributed by atoms with Gasteiger partial charge in [-0.2, -0.15) is 0 Å². The Morgan fingerprint density at radius 1 is 1.15 bits per heavy atom. The lowest BCUT2D eigenvalue weighted by molar-refractivity contribution is -0.150. The van der Waals surface area contributed by atoms with Gasteiger partial charge in [-0.25, -0.2) is 5.43 Å². The largest absolute Gasteiger partial charge is 0.465 e. The van der Waals surface area contributed by atoms with Crippen LogP contribution in [0.1, 0.15) is 74.1 Å². The molecule has 0 aliphatic carbocycles. The highest BCUT2D eigenvalue weighted by molar-refractivity contribution is 6.37. The summed E-state index contributed by atoms with van der Waals surface area (Å²) in [5.41, 5.74) is 4.67. The van der Waals surface area contributed by atoms with Gasteiger partial charge < -0.3 is 10.1 Å². The van der Waals surface area contributed by atoms with E-state index in [1.807, 2.05) is 48.5 Å². The van der Waals surface area contributed by atoms with Gasteiger partial charge >= 0.3 is 11.9 Å². The molecule has 0 saturated carbocycles. The van der Waals surface area contributed by atoms with Crippen LogP contribution in [0, 0.1) is 29.1 Å². The van der Waals surface area contributed by atoms with Crippen LogP contribution in [-0.2, 0) is 28.7 Å². The van der Waals surface area contributed by atoms with Gasteiger partial charge in [-0.3, -0.25) is 29.4 Å². The van der Waals surface area contributed by atoms with Crippen LogP contribution < -0.4 is 16.2 Å². The van der Waals surface area contributed by atoms with Crippen LogP contribution in [0.2, 0.25) is 0 Å². The lowest BCUT2D eigenvalue weighted by Crippen LogP contribution is -2.54. The number of hydrazine groups is 1. The summed E-state index contributed by atoms with van der Waals surface area (Å²) >= 11 is 0. The molecule has 1 fully saturated rings. The van der Waals surface area contributed by atoms with Crippen LogP contribution in [0.3, 0.4) is 0 Å². The van der Waals surface area contributed by atoms with Crippen LogP contribution in [0.4, 0.5) is 0 Å². The molecule has 1 heterocycles. The summed E-state index contributed by atoms with van der Waals surface area (Å²) < 4.78 is 5.35. The monoisotopic (exact) mass is 467 g/mol. The van der Waals surface area contributed by atoms with Gasteiger partial charge in [-0.15, -0.1) is 0 Å². The highest BCUT2D eigenvalue weighted by Crippen LogP contribution is 2.22. The number of nitrogens with one attached hydrogen (secondary N) is 3. The minimum absolute atomic E-state index is 0.0648. The van der Waals surface area contributed by atoms with E-state index in [1.54, 1.807) is 0 Å². The maximum Gasteiger partial charge on any atom is 0.306 e. The zero-order valence-corrected chi connectivity index (χ0v) is 21.1. The molecular formula is C24H41N3O6. The van der Waals surface area contributed by atoms with Crippen molar-refractivity contribution in [2.24, 2.45) is 29.1 Å². The summed E-state index contributed by atoms with van der Waals surface area (Å²) in [4.78, 5) is 62.2. The molecular weight excluding hydrogens is 426 g/mol. The number of Topliss-reactive ketones (excluding diaryl/α,β-unsaturated/α-hetero) is 2. The van der Waals surface area contributed by atoms with Crippen molar-refractivity contribution >= 4 is 29.4 Å². The average molecular weight is 468 g/mol. The molecule has 0 aromatic heterocycles. The molecule has 4 atom stereocenters. The number of ether oxygens (including phenoxy) is 1. The van der Waals surface area contributed by atoms with Crippen molar-refractivity contribution in [2.45, 2.75) is 80.2 Å². The maximum atomic E-state index is 13.2. The Kier molecular flexibility index (Phi) is 11.2. The smallest absolute Gasteiger partial charge is 0.306 e. The predicted molar refractivity (Wildman–Crippen MR) is 124 cm³/mol. The number of ketones is 2. The standard InChI is InChI=1S/C24H41N3O6/c1-8-15(4)17(11-20(29)33-13-24(5,6)7)22(31)26-18(9-14(2)3)19(28)10-16-12-25-27-23(32)21(16)30/h14-18,25H,8-13H2,1-7H3,(H,26,31)(H,27,32). The van der Waals surface area contributed by atoms with Crippen molar-refractivity contribution in [3.63, 3.8) is 0 Å². The molecule has 1 aliphatic heterocycles. The second-order valence-corrected chi connectivity index (χ2v) is 10.7. The van der Waals surface area contributed by atoms with Gasteiger partial charge in [-0.05, 0) is 23.7 Å². The van der Waals surface area contributed by atoms with E-state index in [4.69, 9.17) is 4.74 Å². The summed E-state index contributed by atoms with van der Waals surface area (Å²) in [5.74, 6) is -3.90. The van der Waals surface area contributed by atoms with Crippen molar-refractivity contribution in [3.05, 3.63) is 0 Å². The first kappa shape index (κ1) is 28.7. The molecule has 1 aliphatic rings. The third kappa shape index (κ3) is 10.0. The molecule has 0 spiro atoms. The summed E-state index contributed by atoms with van der Waals surface area (Å²) in [6.45, 7) is 14.0. The van der Waals surface area contributed by atoms with Crippen molar-refractivity contribution < 1.29 is 28.7 Å². The highest BCUT2D eigenvalue weighted by atomic mass is 16.5. The van der Waals surface area contributed by atoms with Crippen LogP contribution in [0.5, 0.6) is 0 Å². The third-order valence-corrected chi connectivity index (χ3v) is 5.73. The minimum atomic E-state index is -0.799. The summed E-state index contributed by atoms with van der Waals surface area (Å²) in [5, 5.41) is 2.83. The summed E-state index contributed by atoms with van der Waals surface area (Å²) in [6.07, 6.45) is 0.876.